The summed E-state index contributed by atoms with van der Waals surface area (Å²) >= 11 is 0. The summed E-state index contributed by atoms with van der Waals surface area (Å²) < 4.78 is 32.6. The van der Waals surface area contributed by atoms with Crippen molar-refractivity contribution in [1.29, 1.82) is 0 Å². The van der Waals surface area contributed by atoms with E-state index in [0.717, 1.165) is 56.6 Å². The maximum absolute atomic E-state index is 13.8. The van der Waals surface area contributed by atoms with E-state index in [-0.39, 0.29) is 17.3 Å². The molecule has 3 aliphatic rings. The lowest BCUT2D eigenvalue weighted by Crippen LogP contribution is -2.40. The molecule has 1 aromatic carbocycles. The zero-order valence-electron chi connectivity index (χ0n) is 15.0. The molecule has 0 unspecified atom stereocenters. The van der Waals surface area contributed by atoms with Gasteiger partial charge in [0.2, 0.25) is 0 Å². The van der Waals surface area contributed by atoms with Crippen molar-refractivity contribution in [2.75, 3.05) is 24.5 Å². The van der Waals surface area contributed by atoms with Crippen molar-refractivity contribution in [1.82, 2.24) is 15.3 Å². The summed E-state index contributed by atoms with van der Waals surface area (Å²) in [6.07, 6.45) is 5.69. The molecule has 2 fully saturated rings. The Morgan fingerprint density at radius 3 is 2.74 bits per heavy atom. The standard InChI is InChI=1S/C20H22F2N4O/c21-13-1-2-17(15(22)9-13)27-14-3-7-26(8-4-14)18-11-24-16-10-23-12-20(5-6-20)19(16)25-18/h1-2,9,11,14,23H,3-8,10,12H2. The van der Waals surface area contributed by atoms with Gasteiger partial charge in [0, 0.05) is 50.5 Å². The first-order valence-electron chi connectivity index (χ1n) is 9.57. The number of hydrogen-bond donors (Lipinski definition) is 1. The zero-order chi connectivity index (χ0) is 18.4. The normalized spacial score (nSPS) is 21.2. The van der Waals surface area contributed by atoms with E-state index in [0.29, 0.717) is 0 Å². The fourth-order valence-electron chi connectivity index (χ4n) is 4.13. The van der Waals surface area contributed by atoms with Crippen LogP contribution in [-0.4, -0.2) is 35.7 Å². The highest BCUT2D eigenvalue weighted by molar-refractivity contribution is 5.43. The van der Waals surface area contributed by atoms with Crippen LogP contribution in [0.4, 0.5) is 14.6 Å². The van der Waals surface area contributed by atoms with Crippen LogP contribution in [0.2, 0.25) is 0 Å². The average Bonchev–Trinajstić information content (AvgIpc) is 3.45. The van der Waals surface area contributed by atoms with Gasteiger partial charge in [-0.1, -0.05) is 0 Å². The predicted molar refractivity (Wildman–Crippen MR) is 96.9 cm³/mol. The summed E-state index contributed by atoms with van der Waals surface area (Å²) in [5.74, 6) is -0.203. The van der Waals surface area contributed by atoms with E-state index in [4.69, 9.17) is 9.72 Å². The minimum atomic E-state index is -0.652. The van der Waals surface area contributed by atoms with Crippen LogP contribution in [0.15, 0.2) is 24.4 Å². The molecule has 1 saturated carbocycles. The second kappa shape index (κ2) is 6.41. The second-order valence-corrected chi connectivity index (χ2v) is 7.79. The summed E-state index contributed by atoms with van der Waals surface area (Å²) in [6.45, 7) is 3.36. The smallest absolute Gasteiger partial charge is 0.167 e. The predicted octanol–water partition coefficient (Wildman–Crippen LogP) is 2.94. The Balaban J connectivity index is 1.26. The average molecular weight is 372 g/mol. The number of rotatable bonds is 3. The van der Waals surface area contributed by atoms with Gasteiger partial charge in [0.05, 0.1) is 17.6 Å². The van der Waals surface area contributed by atoms with Gasteiger partial charge in [0.1, 0.15) is 17.7 Å². The summed E-state index contributed by atoms with van der Waals surface area (Å²) in [4.78, 5) is 11.8. The lowest BCUT2D eigenvalue weighted by Gasteiger charge is -2.34. The highest BCUT2D eigenvalue weighted by Gasteiger charge is 2.49. The molecular weight excluding hydrogens is 350 g/mol. The van der Waals surface area contributed by atoms with E-state index in [1.165, 1.54) is 30.7 Å². The Kier molecular flexibility index (Phi) is 4.00. The number of ether oxygens (including phenoxy) is 1. The number of halogens is 2. The third kappa shape index (κ3) is 3.14. The van der Waals surface area contributed by atoms with Gasteiger partial charge in [-0.15, -0.1) is 0 Å². The minimum absolute atomic E-state index is 0.0780. The zero-order valence-corrected chi connectivity index (χ0v) is 15.0. The maximum atomic E-state index is 13.8. The van der Waals surface area contributed by atoms with E-state index >= 15 is 0 Å². The Morgan fingerprint density at radius 1 is 1.19 bits per heavy atom. The van der Waals surface area contributed by atoms with Crippen molar-refractivity contribution in [2.45, 2.75) is 43.7 Å². The quantitative estimate of drug-likeness (QED) is 0.898. The first-order chi connectivity index (χ1) is 13.1. The van der Waals surface area contributed by atoms with Gasteiger partial charge < -0.3 is 15.0 Å². The number of fused-ring (bicyclic) bond motifs is 2. The Hall–Kier alpha value is -2.28. The van der Waals surface area contributed by atoms with Crippen molar-refractivity contribution in [3.8, 4) is 5.75 Å². The lowest BCUT2D eigenvalue weighted by molar-refractivity contribution is 0.163. The fourth-order valence-corrected chi connectivity index (χ4v) is 4.13. The molecule has 1 saturated heterocycles. The number of piperidine rings is 1. The van der Waals surface area contributed by atoms with Crippen molar-refractivity contribution in [3.63, 3.8) is 0 Å². The molecule has 0 amide bonds. The van der Waals surface area contributed by atoms with Crippen LogP contribution in [0, 0.1) is 11.6 Å². The highest BCUT2D eigenvalue weighted by Crippen LogP contribution is 2.49. The van der Waals surface area contributed by atoms with Crippen molar-refractivity contribution in [3.05, 3.63) is 47.4 Å². The molecule has 7 heteroatoms. The maximum Gasteiger partial charge on any atom is 0.167 e. The molecule has 1 aromatic heterocycles. The summed E-state index contributed by atoms with van der Waals surface area (Å²) in [5, 5.41) is 3.44. The molecule has 1 aliphatic carbocycles. The van der Waals surface area contributed by atoms with Crippen LogP contribution in [0.1, 0.15) is 37.1 Å². The number of aromatic nitrogens is 2. The van der Waals surface area contributed by atoms with Gasteiger partial charge in [-0.25, -0.2) is 13.8 Å². The molecule has 0 atom stereocenters. The van der Waals surface area contributed by atoms with Gasteiger partial charge >= 0.3 is 0 Å². The lowest BCUT2D eigenvalue weighted by atomic mass is 9.96. The number of nitrogens with zero attached hydrogens (tertiary/aromatic N) is 3. The highest BCUT2D eigenvalue weighted by atomic mass is 19.1. The van der Waals surface area contributed by atoms with Crippen LogP contribution >= 0.6 is 0 Å². The molecule has 0 radical (unpaired) electrons. The molecule has 2 aromatic rings. The van der Waals surface area contributed by atoms with Gasteiger partial charge in [-0.05, 0) is 25.0 Å². The number of hydrogen-bond acceptors (Lipinski definition) is 5. The number of nitrogens with one attached hydrogen (secondary N) is 1. The number of anilines is 1. The SMILES string of the molecule is Fc1ccc(OC2CCN(c3cnc4c(n3)C3(CC3)CNC4)CC2)c(F)c1. The van der Waals surface area contributed by atoms with E-state index in [2.05, 4.69) is 15.2 Å². The van der Waals surface area contributed by atoms with Gasteiger partial charge in [0.15, 0.2) is 11.6 Å². The molecule has 0 bridgehead atoms. The van der Waals surface area contributed by atoms with E-state index in [1.807, 2.05) is 6.20 Å². The molecule has 1 spiro atoms. The van der Waals surface area contributed by atoms with Gasteiger partial charge in [-0.3, -0.25) is 4.98 Å². The van der Waals surface area contributed by atoms with Crippen LogP contribution in [0.3, 0.4) is 0 Å². The minimum Gasteiger partial charge on any atom is -0.487 e. The molecule has 3 heterocycles. The summed E-state index contributed by atoms with van der Waals surface area (Å²) in [6, 6.07) is 3.43. The Morgan fingerprint density at radius 2 is 2.00 bits per heavy atom. The third-order valence-electron chi connectivity index (χ3n) is 5.90. The van der Waals surface area contributed by atoms with Gasteiger partial charge in [0.25, 0.3) is 0 Å². The van der Waals surface area contributed by atoms with Crippen LogP contribution in [-0.2, 0) is 12.0 Å². The third-order valence-corrected chi connectivity index (χ3v) is 5.90. The summed E-state index contributed by atoms with van der Waals surface area (Å²) in [5.41, 5.74) is 2.45. The first kappa shape index (κ1) is 16.9. The van der Waals surface area contributed by atoms with Crippen LogP contribution in [0.25, 0.3) is 0 Å². The second-order valence-electron chi connectivity index (χ2n) is 7.79. The van der Waals surface area contributed by atoms with Crippen LogP contribution in [0.5, 0.6) is 5.75 Å². The Bertz CT molecular complexity index is 863. The molecule has 2 aliphatic heterocycles. The van der Waals surface area contributed by atoms with E-state index < -0.39 is 11.6 Å². The molecule has 5 rings (SSSR count). The molecular formula is C20H22F2N4O. The molecule has 1 N–H and O–H groups in total. The van der Waals surface area contributed by atoms with Crippen molar-refractivity contribution >= 4 is 5.82 Å². The molecule has 5 nitrogen and oxygen atoms in total. The monoisotopic (exact) mass is 372 g/mol. The topological polar surface area (TPSA) is 50.3 Å². The number of benzene rings is 1. The van der Waals surface area contributed by atoms with Gasteiger partial charge in [-0.2, -0.15) is 0 Å². The Labute approximate surface area is 156 Å². The molecule has 142 valence electrons. The van der Waals surface area contributed by atoms with Crippen molar-refractivity contribution in [2.24, 2.45) is 0 Å². The van der Waals surface area contributed by atoms with E-state index in [1.54, 1.807) is 0 Å². The van der Waals surface area contributed by atoms with Crippen molar-refractivity contribution < 1.29 is 13.5 Å². The van der Waals surface area contributed by atoms with Crippen LogP contribution < -0.4 is 15.0 Å². The van der Waals surface area contributed by atoms with E-state index in [9.17, 15) is 8.78 Å². The fraction of sp³-hybridized carbons (Fsp3) is 0.500. The first-order valence-corrected chi connectivity index (χ1v) is 9.57. The largest absolute Gasteiger partial charge is 0.487 e. The molecule has 27 heavy (non-hydrogen) atoms. The summed E-state index contributed by atoms with van der Waals surface area (Å²) in [7, 11) is 0.